The van der Waals surface area contributed by atoms with E-state index in [9.17, 15) is 4.79 Å². The van der Waals surface area contributed by atoms with E-state index in [1.807, 2.05) is 19.1 Å². The topological polar surface area (TPSA) is 20.3 Å². The van der Waals surface area contributed by atoms with E-state index in [2.05, 4.69) is 17.0 Å². The maximum atomic E-state index is 11.5. The molecule has 0 bridgehead atoms. The highest BCUT2D eigenvalue weighted by atomic mass is 16.1. The van der Waals surface area contributed by atoms with E-state index in [0.717, 1.165) is 18.7 Å². The van der Waals surface area contributed by atoms with Gasteiger partial charge in [-0.25, -0.2) is 0 Å². The lowest BCUT2D eigenvalue weighted by molar-refractivity contribution is 0.0988. The second-order valence-corrected chi connectivity index (χ2v) is 4.72. The van der Waals surface area contributed by atoms with Gasteiger partial charge in [-0.2, -0.15) is 0 Å². The van der Waals surface area contributed by atoms with Crippen molar-refractivity contribution in [2.24, 2.45) is 0 Å². The molecule has 2 heteroatoms. The number of carbonyl (C=O) groups excluding carboxylic acids is 1. The Balaban J connectivity index is 2.08. The van der Waals surface area contributed by atoms with Gasteiger partial charge in [0.15, 0.2) is 5.78 Å². The zero-order chi connectivity index (χ0) is 12.1. The molecule has 2 nitrogen and oxygen atoms in total. The van der Waals surface area contributed by atoms with Crippen LogP contribution in [0.5, 0.6) is 0 Å². The van der Waals surface area contributed by atoms with Crippen molar-refractivity contribution >= 4 is 11.5 Å². The summed E-state index contributed by atoms with van der Waals surface area (Å²) in [5.41, 5.74) is 2.10. The molecule has 0 N–H and O–H groups in total. The summed E-state index contributed by atoms with van der Waals surface area (Å²) < 4.78 is 0. The first-order valence-electron chi connectivity index (χ1n) is 6.69. The van der Waals surface area contributed by atoms with Crippen molar-refractivity contribution in [2.45, 2.75) is 39.0 Å². The summed E-state index contributed by atoms with van der Waals surface area (Å²) in [6.45, 7) is 4.22. The molecule has 2 rings (SSSR count). The normalized spacial score (nSPS) is 16.6. The lowest BCUT2D eigenvalue weighted by atomic mass is 10.1. The van der Waals surface area contributed by atoms with Crippen LogP contribution < -0.4 is 4.90 Å². The number of rotatable bonds is 3. The van der Waals surface area contributed by atoms with Crippen molar-refractivity contribution in [3.8, 4) is 0 Å². The third kappa shape index (κ3) is 3.09. The Morgan fingerprint density at radius 3 is 2.18 bits per heavy atom. The summed E-state index contributed by atoms with van der Waals surface area (Å²) in [6, 6.07) is 8.11. The van der Waals surface area contributed by atoms with Crippen LogP contribution >= 0.6 is 0 Å². The first-order valence-corrected chi connectivity index (χ1v) is 6.69. The number of Topliss-reactive ketones (excluding diaryl/α,β-unsaturated/α-hetero) is 1. The molecule has 0 spiro atoms. The zero-order valence-corrected chi connectivity index (χ0v) is 10.6. The molecular weight excluding hydrogens is 210 g/mol. The Morgan fingerprint density at radius 2 is 1.65 bits per heavy atom. The molecule has 1 fully saturated rings. The van der Waals surface area contributed by atoms with Crippen molar-refractivity contribution in [3.63, 3.8) is 0 Å². The number of benzene rings is 1. The molecule has 17 heavy (non-hydrogen) atoms. The van der Waals surface area contributed by atoms with E-state index in [0.29, 0.717) is 6.42 Å². The van der Waals surface area contributed by atoms with Crippen molar-refractivity contribution in [1.82, 2.24) is 0 Å². The highest BCUT2D eigenvalue weighted by Gasteiger charge is 2.10. The van der Waals surface area contributed by atoms with Gasteiger partial charge < -0.3 is 4.90 Å². The average molecular weight is 231 g/mol. The Kier molecular flexibility index (Phi) is 4.18. The molecule has 0 saturated carbocycles. The molecule has 0 amide bonds. The molecule has 92 valence electrons. The van der Waals surface area contributed by atoms with Crippen LogP contribution in [0.4, 0.5) is 5.69 Å². The van der Waals surface area contributed by atoms with Crippen molar-refractivity contribution < 1.29 is 4.79 Å². The molecule has 0 aliphatic carbocycles. The minimum atomic E-state index is 0.229. The maximum absolute atomic E-state index is 11.5. The second-order valence-electron chi connectivity index (χ2n) is 4.72. The number of hydrogen-bond acceptors (Lipinski definition) is 2. The average Bonchev–Trinajstić information content (AvgIpc) is 2.67. The van der Waals surface area contributed by atoms with Crippen LogP contribution in [0.15, 0.2) is 24.3 Å². The predicted molar refractivity (Wildman–Crippen MR) is 71.7 cm³/mol. The zero-order valence-electron chi connectivity index (χ0n) is 10.6. The van der Waals surface area contributed by atoms with Gasteiger partial charge in [-0.3, -0.25) is 4.79 Å². The smallest absolute Gasteiger partial charge is 0.162 e. The molecular formula is C15H21NO. The fraction of sp³-hybridized carbons (Fsp3) is 0.533. The van der Waals surface area contributed by atoms with E-state index < -0.39 is 0 Å². The first-order chi connectivity index (χ1) is 8.31. The largest absolute Gasteiger partial charge is 0.372 e. The van der Waals surface area contributed by atoms with Gasteiger partial charge in [0.05, 0.1) is 0 Å². The second kappa shape index (κ2) is 5.85. The van der Waals surface area contributed by atoms with Gasteiger partial charge >= 0.3 is 0 Å². The van der Waals surface area contributed by atoms with Crippen LogP contribution in [0.2, 0.25) is 0 Å². The minimum absolute atomic E-state index is 0.229. The Labute approximate surface area is 104 Å². The van der Waals surface area contributed by atoms with Gasteiger partial charge in [0.1, 0.15) is 0 Å². The molecule has 1 aromatic rings. The Morgan fingerprint density at radius 1 is 1.06 bits per heavy atom. The van der Waals surface area contributed by atoms with Crippen LogP contribution in [0.25, 0.3) is 0 Å². The van der Waals surface area contributed by atoms with Crippen LogP contribution in [0.3, 0.4) is 0 Å². The van der Waals surface area contributed by atoms with Crippen LogP contribution in [0, 0.1) is 0 Å². The Bertz CT molecular complexity index is 361. The van der Waals surface area contributed by atoms with Crippen molar-refractivity contribution in [2.75, 3.05) is 18.0 Å². The van der Waals surface area contributed by atoms with Gasteiger partial charge in [-0.15, -0.1) is 0 Å². The van der Waals surface area contributed by atoms with E-state index in [4.69, 9.17) is 0 Å². The molecule has 0 unspecified atom stereocenters. The minimum Gasteiger partial charge on any atom is -0.372 e. The summed E-state index contributed by atoms with van der Waals surface area (Å²) in [5, 5.41) is 0. The lowest BCUT2D eigenvalue weighted by Gasteiger charge is -2.22. The summed E-state index contributed by atoms with van der Waals surface area (Å²) in [4.78, 5) is 14.0. The fourth-order valence-corrected chi connectivity index (χ4v) is 2.39. The van der Waals surface area contributed by atoms with Crippen LogP contribution in [-0.2, 0) is 0 Å². The van der Waals surface area contributed by atoms with Crippen molar-refractivity contribution in [3.05, 3.63) is 29.8 Å². The fourth-order valence-electron chi connectivity index (χ4n) is 2.39. The van der Waals surface area contributed by atoms with Crippen LogP contribution in [-0.4, -0.2) is 18.9 Å². The molecule has 0 radical (unpaired) electrons. The monoisotopic (exact) mass is 231 g/mol. The number of anilines is 1. The number of ketones is 1. The van der Waals surface area contributed by atoms with E-state index in [-0.39, 0.29) is 5.78 Å². The molecule has 0 aromatic heterocycles. The van der Waals surface area contributed by atoms with E-state index in [1.165, 1.54) is 31.4 Å². The van der Waals surface area contributed by atoms with Gasteiger partial charge in [-0.1, -0.05) is 19.8 Å². The van der Waals surface area contributed by atoms with Gasteiger partial charge in [0, 0.05) is 30.8 Å². The third-order valence-electron chi connectivity index (χ3n) is 3.48. The number of carbonyl (C=O) groups is 1. The molecule has 1 heterocycles. The summed E-state index contributed by atoms with van der Waals surface area (Å²) >= 11 is 0. The molecule has 1 aromatic carbocycles. The molecule has 0 atom stereocenters. The summed E-state index contributed by atoms with van der Waals surface area (Å²) in [6.07, 6.45) is 5.86. The van der Waals surface area contributed by atoms with Gasteiger partial charge in [0.25, 0.3) is 0 Å². The maximum Gasteiger partial charge on any atom is 0.162 e. The van der Waals surface area contributed by atoms with Gasteiger partial charge in [-0.05, 0) is 37.1 Å². The molecule has 1 aliphatic heterocycles. The number of nitrogens with zero attached hydrogens (tertiary/aromatic N) is 1. The lowest BCUT2D eigenvalue weighted by Crippen LogP contribution is -2.23. The number of hydrogen-bond donors (Lipinski definition) is 0. The first kappa shape index (κ1) is 12.2. The predicted octanol–water partition coefficient (Wildman–Crippen LogP) is 3.66. The van der Waals surface area contributed by atoms with E-state index in [1.54, 1.807) is 0 Å². The highest BCUT2D eigenvalue weighted by Crippen LogP contribution is 2.20. The third-order valence-corrected chi connectivity index (χ3v) is 3.48. The summed E-state index contributed by atoms with van der Waals surface area (Å²) in [7, 11) is 0. The highest BCUT2D eigenvalue weighted by molar-refractivity contribution is 5.96. The Hall–Kier alpha value is -1.31. The quantitative estimate of drug-likeness (QED) is 0.740. The van der Waals surface area contributed by atoms with Crippen molar-refractivity contribution in [1.29, 1.82) is 0 Å². The molecule has 1 saturated heterocycles. The van der Waals surface area contributed by atoms with Crippen LogP contribution in [0.1, 0.15) is 49.4 Å². The van der Waals surface area contributed by atoms with Gasteiger partial charge in [0.2, 0.25) is 0 Å². The summed E-state index contributed by atoms with van der Waals surface area (Å²) in [5.74, 6) is 0.229. The van der Waals surface area contributed by atoms with E-state index >= 15 is 0 Å². The molecule has 1 aliphatic rings. The standard InChI is InChI=1S/C15H21NO/c1-2-15(17)13-7-9-14(10-8-13)16-11-5-3-4-6-12-16/h7-10H,2-6,11-12H2,1H3. The SMILES string of the molecule is CCC(=O)c1ccc(N2CCCCCC2)cc1.